The molecule has 6 heteroatoms. The van der Waals surface area contributed by atoms with Gasteiger partial charge in [-0.2, -0.15) is 0 Å². The van der Waals surface area contributed by atoms with Gasteiger partial charge in [-0.3, -0.25) is 4.99 Å². The van der Waals surface area contributed by atoms with E-state index in [0.29, 0.717) is 0 Å². The van der Waals surface area contributed by atoms with Gasteiger partial charge in [0.1, 0.15) is 17.3 Å². The largest absolute Gasteiger partial charge is 0.464 e. The number of guanidine groups is 1. The van der Waals surface area contributed by atoms with Crippen molar-refractivity contribution in [2.45, 2.75) is 40.2 Å². The molecule has 6 nitrogen and oxygen atoms in total. The van der Waals surface area contributed by atoms with Crippen LogP contribution in [0.3, 0.4) is 0 Å². The van der Waals surface area contributed by atoms with E-state index in [9.17, 15) is 0 Å². The molecule has 2 aromatic heterocycles. The normalized spacial score (nSPS) is 13.2. The van der Waals surface area contributed by atoms with Crippen LogP contribution in [0, 0.1) is 20.8 Å². The maximum Gasteiger partial charge on any atom is 0.191 e. The van der Waals surface area contributed by atoms with Crippen molar-refractivity contribution in [3.63, 3.8) is 0 Å². The van der Waals surface area contributed by atoms with Crippen LogP contribution in [0.5, 0.6) is 0 Å². The second-order valence-corrected chi connectivity index (χ2v) is 5.37. The Morgan fingerprint density at radius 2 is 2.09 bits per heavy atom. The molecule has 0 amide bonds. The highest BCUT2D eigenvalue weighted by Crippen LogP contribution is 2.15. The molecule has 2 heterocycles. The molecule has 0 bridgehead atoms. The zero-order chi connectivity index (χ0) is 16.1. The molecule has 1 unspecified atom stereocenters. The van der Waals surface area contributed by atoms with E-state index < -0.39 is 0 Å². The quantitative estimate of drug-likeness (QED) is 0.656. The molecular weight excluding hydrogens is 280 g/mol. The molecule has 22 heavy (non-hydrogen) atoms. The Balaban J connectivity index is 1.85. The van der Waals surface area contributed by atoms with Crippen LogP contribution in [0.4, 0.5) is 0 Å². The van der Waals surface area contributed by atoms with Crippen LogP contribution < -0.4 is 10.6 Å². The first kappa shape index (κ1) is 16.1. The van der Waals surface area contributed by atoms with E-state index in [2.05, 4.69) is 20.8 Å². The van der Waals surface area contributed by atoms with Gasteiger partial charge in [0, 0.05) is 19.2 Å². The van der Waals surface area contributed by atoms with E-state index in [-0.39, 0.29) is 6.04 Å². The smallest absolute Gasteiger partial charge is 0.191 e. The van der Waals surface area contributed by atoms with Crippen LogP contribution >= 0.6 is 0 Å². The highest BCUT2D eigenvalue weighted by Gasteiger charge is 2.12. The summed E-state index contributed by atoms with van der Waals surface area (Å²) in [5.41, 5.74) is 2.10. The number of aryl methyl sites for hydroxylation is 3. The van der Waals surface area contributed by atoms with Gasteiger partial charge < -0.3 is 19.6 Å². The van der Waals surface area contributed by atoms with E-state index in [0.717, 1.165) is 47.5 Å². The number of aliphatic imine (C=N–C) groups is 1. The predicted octanol–water partition coefficient (Wildman–Crippen LogP) is 2.66. The van der Waals surface area contributed by atoms with Gasteiger partial charge >= 0.3 is 0 Å². The number of nitrogens with zero attached hydrogens (tertiary/aromatic N) is 2. The fourth-order valence-corrected chi connectivity index (χ4v) is 2.32. The topological polar surface area (TPSA) is 75.6 Å². The fourth-order valence-electron chi connectivity index (χ4n) is 2.32. The van der Waals surface area contributed by atoms with Gasteiger partial charge in [0.05, 0.1) is 11.7 Å². The van der Waals surface area contributed by atoms with Crippen molar-refractivity contribution in [3.8, 4) is 0 Å². The molecule has 0 aliphatic heterocycles. The number of hydrogen-bond acceptors (Lipinski definition) is 4. The van der Waals surface area contributed by atoms with Crippen LogP contribution in [-0.2, 0) is 6.42 Å². The average molecular weight is 304 g/mol. The Hall–Kier alpha value is -2.24. The molecule has 0 aliphatic carbocycles. The standard InChI is InChI=1S/C16H24N4O2/c1-10-6-7-15(21-10)12(3)19-16(17-5)18-9-8-14-11(2)20-22-13(14)4/h6-7,12H,8-9H2,1-5H3,(H2,17,18,19). The number of nitrogens with one attached hydrogen (secondary N) is 2. The third kappa shape index (κ3) is 3.90. The first-order valence-corrected chi connectivity index (χ1v) is 7.46. The van der Waals surface area contributed by atoms with Crippen molar-refractivity contribution in [2.24, 2.45) is 4.99 Å². The Kier molecular flexibility index (Phi) is 5.25. The zero-order valence-electron chi connectivity index (χ0n) is 13.9. The van der Waals surface area contributed by atoms with E-state index in [1.54, 1.807) is 7.05 Å². The second-order valence-electron chi connectivity index (χ2n) is 5.37. The molecule has 0 fully saturated rings. The highest BCUT2D eigenvalue weighted by atomic mass is 16.5. The molecule has 0 saturated heterocycles. The lowest BCUT2D eigenvalue weighted by Crippen LogP contribution is -2.39. The third-order valence-electron chi connectivity index (χ3n) is 3.61. The van der Waals surface area contributed by atoms with Gasteiger partial charge in [0.2, 0.25) is 0 Å². The highest BCUT2D eigenvalue weighted by molar-refractivity contribution is 5.80. The van der Waals surface area contributed by atoms with Crippen molar-refractivity contribution >= 4 is 5.96 Å². The van der Waals surface area contributed by atoms with Crippen molar-refractivity contribution < 1.29 is 8.94 Å². The Morgan fingerprint density at radius 3 is 2.64 bits per heavy atom. The van der Waals surface area contributed by atoms with Gasteiger partial charge in [-0.05, 0) is 46.2 Å². The maximum atomic E-state index is 5.62. The maximum absolute atomic E-state index is 5.62. The summed E-state index contributed by atoms with van der Waals surface area (Å²) < 4.78 is 10.8. The third-order valence-corrected chi connectivity index (χ3v) is 3.61. The summed E-state index contributed by atoms with van der Waals surface area (Å²) >= 11 is 0. The molecule has 2 N–H and O–H groups in total. The molecule has 2 rings (SSSR count). The number of furan rings is 1. The zero-order valence-corrected chi connectivity index (χ0v) is 13.9. The lowest BCUT2D eigenvalue weighted by Gasteiger charge is -2.16. The summed E-state index contributed by atoms with van der Waals surface area (Å²) in [6.45, 7) is 8.63. The lowest BCUT2D eigenvalue weighted by atomic mass is 10.1. The van der Waals surface area contributed by atoms with E-state index in [1.165, 1.54) is 0 Å². The van der Waals surface area contributed by atoms with Crippen LogP contribution in [-0.4, -0.2) is 24.7 Å². The minimum absolute atomic E-state index is 0.0546. The van der Waals surface area contributed by atoms with Gasteiger partial charge in [-0.25, -0.2) is 0 Å². The fraction of sp³-hybridized carbons (Fsp3) is 0.500. The van der Waals surface area contributed by atoms with Gasteiger partial charge in [0.15, 0.2) is 5.96 Å². The summed E-state index contributed by atoms with van der Waals surface area (Å²) in [6, 6.07) is 3.99. The molecule has 1 atom stereocenters. The minimum Gasteiger partial charge on any atom is -0.464 e. The molecule has 0 aliphatic rings. The predicted molar refractivity (Wildman–Crippen MR) is 86.0 cm³/mol. The molecule has 0 saturated carbocycles. The number of hydrogen-bond donors (Lipinski definition) is 2. The lowest BCUT2D eigenvalue weighted by molar-refractivity contribution is 0.392. The van der Waals surface area contributed by atoms with Crippen LogP contribution in [0.25, 0.3) is 0 Å². The first-order valence-electron chi connectivity index (χ1n) is 7.46. The Bertz CT molecular complexity index is 623. The van der Waals surface area contributed by atoms with Crippen LogP contribution in [0.1, 0.15) is 41.5 Å². The number of rotatable bonds is 5. The molecule has 0 aromatic carbocycles. The minimum atomic E-state index is 0.0546. The molecular formula is C16H24N4O2. The van der Waals surface area contributed by atoms with Crippen molar-refractivity contribution in [3.05, 3.63) is 40.7 Å². The van der Waals surface area contributed by atoms with Crippen molar-refractivity contribution in [1.82, 2.24) is 15.8 Å². The van der Waals surface area contributed by atoms with Gasteiger partial charge in [-0.15, -0.1) is 0 Å². The van der Waals surface area contributed by atoms with Crippen LogP contribution in [0.2, 0.25) is 0 Å². The monoisotopic (exact) mass is 304 g/mol. The summed E-state index contributed by atoms with van der Waals surface area (Å²) in [6.07, 6.45) is 0.843. The van der Waals surface area contributed by atoms with Gasteiger partial charge in [-0.1, -0.05) is 5.16 Å². The van der Waals surface area contributed by atoms with Crippen molar-refractivity contribution in [1.29, 1.82) is 0 Å². The summed E-state index contributed by atoms with van der Waals surface area (Å²) in [7, 11) is 1.76. The van der Waals surface area contributed by atoms with Gasteiger partial charge in [0.25, 0.3) is 0 Å². The first-order chi connectivity index (χ1) is 10.5. The van der Waals surface area contributed by atoms with Crippen molar-refractivity contribution in [2.75, 3.05) is 13.6 Å². The summed E-state index contributed by atoms with van der Waals surface area (Å²) in [5.74, 6) is 3.42. The average Bonchev–Trinajstić information content (AvgIpc) is 3.06. The van der Waals surface area contributed by atoms with Crippen LogP contribution in [0.15, 0.2) is 26.1 Å². The summed E-state index contributed by atoms with van der Waals surface area (Å²) in [5, 5.41) is 10.6. The second kappa shape index (κ2) is 7.15. The molecule has 0 spiro atoms. The Labute approximate surface area is 131 Å². The molecule has 2 aromatic rings. The Morgan fingerprint density at radius 1 is 1.32 bits per heavy atom. The van der Waals surface area contributed by atoms with E-state index in [4.69, 9.17) is 8.94 Å². The van der Waals surface area contributed by atoms with E-state index >= 15 is 0 Å². The van der Waals surface area contributed by atoms with E-state index in [1.807, 2.05) is 39.8 Å². The molecule has 120 valence electrons. The summed E-state index contributed by atoms with van der Waals surface area (Å²) in [4.78, 5) is 4.24. The SMILES string of the molecule is CN=C(NCCc1c(C)noc1C)NC(C)c1ccc(C)o1. The molecule has 0 radical (unpaired) electrons. The number of aromatic nitrogens is 1.